The van der Waals surface area contributed by atoms with Crippen molar-refractivity contribution in [2.24, 2.45) is 0 Å². The maximum absolute atomic E-state index is 12.1. The highest BCUT2D eigenvalue weighted by Gasteiger charge is 2.18. The molecule has 118 valence electrons. The molecule has 0 spiro atoms. The Bertz CT molecular complexity index is 663. The fourth-order valence-electron chi connectivity index (χ4n) is 2.74. The normalized spacial score (nSPS) is 16.4. The minimum Gasteiger partial charge on any atom is -0.459 e. The smallest absolute Gasteiger partial charge is 0.437 e. The standard InChI is InChI=1S/C15H19N3O4/c19-13(16-11-6-3-1-2-4-7-11)10-18-15(20)22-14(17-18)12-8-5-9-21-12/h5,8-9,11H,1-4,6-7,10H2,(H,16,19). The number of aromatic nitrogens is 2. The summed E-state index contributed by atoms with van der Waals surface area (Å²) in [4.78, 5) is 23.8. The Morgan fingerprint density at radius 2 is 2.09 bits per heavy atom. The van der Waals surface area contributed by atoms with Crippen molar-refractivity contribution in [3.05, 3.63) is 28.9 Å². The van der Waals surface area contributed by atoms with Crippen LogP contribution in [0.1, 0.15) is 38.5 Å². The number of hydrogen-bond donors (Lipinski definition) is 1. The molecule has 0 bridgehead atoms. The van der Waals surface area contributed by atoms with E-state index < -0.39 is 5.76 Å². The molecule has 0 aromatic carbocycles. The number of rotatable bonds is 4. The summed E-state index contributed by atoms with van der Waals surface area (Å²) in [6, 6.07) is 3.51. The van der Waals surface area contributed by atoms with E-state index in [1.807, 2.05) is 0 Å². The first kappa shape index (κ1) is 14.6. The van der Waals surface area contributed by atoms with Gasteiger partial charge in [-0.25, -0.2) is 4.79 Å². The number of nitrogens with one attached hydrogen (secondary N) is 1. The molecule has 7 nitrogen and oxygen atoms in total. The predicted molar refractivity (Wildman–Crippen MR) is 78.1 cm³/mol. The van der Waals surface area contributed by atoms with Crippen molar-refractivity contribution in [2.45, 2.75) is 51.1 Å². The first-order valence-electron chi connectivity index (χ1n) is 7.63. The van der Waals surface area contributed by atoms with Gasteiger partial charge in [-0.3, -0.25) is 4.79 Å². The van der Waals surface area contributed by atoms with E-state index in [-0.39, 0.29) is 24.4 Å². The summed E-state index contributed by atoms with van der Waals surface area (Å²) in [6.07, 6.45) is 8.18. The fraction of sp³-hybridized carbons (Fsp3) is 0.533. The van der Waals surface area contributed by atoms with Crippen molar-refractivity contribution in [3.8, 4) is 11.7 Å². The van der Waals surface area contributed by atoms with E-state index in [0.29, 0.717) is 5.76 Å². The van der Waals surface area contributed by atoms with Gasteiger partial charge >= 0.3 is 5.76 Å². The molecule has 0 aliphatic heterocycles. The van der Waals surface area contributed by atoms with Crippen LogP contribution >= 0.6 is 0 Å². The molecule has 2 aromatic rings. The van der Waals surface area contributed by atoms with Gasteiger partial charge in [-0.05, 0) is 25.0 Å². The van der Waals surface area contributed by atoms with Gasteiger partial charge in [0.05, 0.1) is 6.26 Å². The average Bonchev–Trinajstić information content (AvgIpc) is 3.06. The van der Waals surface area contributed by atoms with E-state index >= 15 is 0 Å². The Kier molecular flexibility index (Phi) is 4.41. The molecule has 1 aliphatic rings. The van der Waals surface area contributed by atoms with Crippen LogP contribution in [-0.4, -0.2) is 21.7 Å². The van der Waals surface area contributed by atoms with E-state index in [1.54, 1.807) is 12.1 Å². The summed E-state index contributed by atoms with van der Waals surface area (Å²) in [5.41, 5.74) is 0. The Balaban J connectivity index is 1.63. The second-order valence-electron chi connectivity index (χ2n) is 5.56. The topological polar surface area (TPSA) is 90.3 Å². The number of carbonyl (C=O) groups is 1. The van der Waals surface area contributed by atoms with E-state index in [4.69, 9.17) is 8.83 Å². The molecular weight excluding hydrogens is 286 g/mol. The molecule has 1 N–H and O–H groups in total. The highest BCUT2D eigenvalue weighted by Crippen LogP contribution is 2.17. The molecule has 0 radical (unpaired) electrons. The summed E-state index contributed by atoms with van der Waals surface area (Å²) >= 11 is 0. The fourth-order valence-corrected chi connectivity index (χ4v) is 2.74. The molecule has 1 aliphatic carbocycles. The zero-order valence-electron chi connectivity index (χ0n) is 12.3. The minimum atomic E-state index is -0.664. The largest absolute Gasteiger partial charge is 0.459 e. The van der Waals surface area contributed by atoms with Gasteiger partial charge in [0.2, 0.25) is 5.91 Å². The summed E-state index contributed by atoms with van der Waals surface area (Å²) < 4.78 is 11.1. The molecule has 1 amide bonds. The minimum absolute atomic E-state index is 0.0808. The molecule has 0 unspecified atom stereocenters. The van der Waals surface area contributed by atoms with Crippen LogP contribution in [0.5, 0.6) is 0 Å². The Hall–Kier alpha value is -2.31. The Morgan fingerprint density at radius 3 is 2.77 bits per heavy atom. The third-order valence-corrected chi connectivity index (χ3v) is 3.85. The van der Waals surface area contributed by atoms with Gasteiger partial charge in [0, 0.05) is 6.04 Å². The zero-order chi connectivity index (χ0) is 15.4. The number of amides is 1. The van der Waals surface area contributed by atoms with Crippen molar-refractivity contribution in [3.63, 3.8) is 0 Å². The van der Waals surface area contributed by atoms with Crippen LogP contribution in [0.25, 0.3) is 11.7 Å². The molecule has 22 heavy (non-hydrogen) atoms. The molecular formula is C15H19N3O4. The molecule has 0 atom stereocenters. The van der Waals surface area contributed by atoms with E-state index in [9.17, 15) is 9.59 Å². The molecule has 1 fully saturated rings. The lowest BCUT2D eigenvalue weighted by atomic mass is 10.1. The number of furan rings is 1. The SMILES string of the molecule is O=C(Cn1nc(-c2ccco2)oc1=O)NC1CCCCCC1. The van der Waals surface area contributed by atoms with Crippen LogP contribution in [0.4, 0.5) is 0 Å². The first-order chi connectivity index (χ1) is 10.7. The van der Waals surface area contributed by atoms with Crippen LogP contribution in [0.15, 0.2) is 32.0 Å². The summed E-state index contributed by atoms with van der Waals surface area (Å²) in [5, 5.41) is 6.96. The average molecular weight is 305 g/mol. The van der Waals surface area contributed by atoms with Crippen LogP contribution in [0.3, 0.4) is 0 Å². The zero-order valence-corrected chi connectivity index (χ0v) is 12.3. The van der Waals surface area contributed by atoms with Gasteiger partial charge in [-0.1, -0.05) is 25.7 Å². The molecule has 1 saturated carbocycles. The summed E-state index contributed by atoms with van der Waals surface area (Å²) in [6.45, 7) is -0.139. The van der Waals surface area contributed by atoms with Gasteiger partial charge < -0.3 is 14.2 Å². The number of carbonyl (C=O) groups excluding carboxylic acids is 1. The molecule has 3 rings (SSSR count). The molecule has 2 aromatic heterocycles. The summed E-state index contributed by atoms with van der Waals surface area (Å²) in [5.74, 6) is -0.437. The van der Waals surface area contributed by atoms with Crippen molar-refractivity contribution in [2.75, 3.05) is 0 Å². The van der Waals surface area contributed by atoms with Crippen molar-refractivity contribution in [1.82, 2.24) is 15.1 Å². The number of hydrogen-bond acceptors (Lipinski definition) is 5. The van der Waals surface area contributed by atoms with Gasteiger partial charge in [0.15, 0.2) is 5.76 Å². The number of nitrogens with zero attached hydrogens (tertiary/aromatic N) is 2. The lowest BCUT2D eigenvalue weighted by Gasteiger charge is -2.15. The predicted octanol–water partition coefficient (Wildman–Crippen LogP) is 1.94. The van der Waals surface area contributed by atoms with Gasteiger partial charge in [0.25, 0.3) is 5.89 Å². The van der Waals surface area contributed by atoms with Crippen LogP contribution in [-0.2, 0) is 11.3 Å². The van der Waals surface area contributed by atoms with Gasteiger partial charge in [-0.2, -0.15) is 4.68 Å². The Labute approximate surface area is 127 Å². The lowest BCUT2D eigenvalue weighted by Crippen LogP contribution is -2.38. The van der Waals surface area contributed by atoms with E-state index in [1.165, 1.54) is 19.1 Å². The second-order valence-corrected chi connectivity index (χ2v) is 5.56. The van der Waals surface area contributed by atoms with E-state index in [0.717, 1.165) is 30.4 Å². The highest BCUT2D eigenvalue weighted by atomic mass is 16.4. The van der Waals surface area contributed by atoms with Crippen LogP contribution in [0, 0.1) is 0 Å². The van der Waals surface area contributed by atoms with Crippen molar-refractivity contribution in [1.29, 1.82) is 0 Å². The summed E-state index contributed by atoms with van der Waals surface area (Å²) in [7, 11) is 0. The third kappa shape index (κ3) is 3.47. The monoisotopic (exact) mass is 305 g/mol. The van der Waals surface area contributed by atoms with Crippen LogP contribution in [0.2, 0.25) is 0 Å². The lowest BCUT2D eigenvalue weighted by molar-refractivity contribution is -0.122. The van der Waals surface area contributed by atoms with E-state index in [2.05, 4.69) is 10.4 Å². The highest BCUT2D eigenvalue weighted by molar-refractivity contribution is 5.75. The maximum Gasteiger partial charge on any atom is 0.437 e. The molecule has 2 heterocycles. The van der Waals surface area contributed by atoms with Crippen molar-refractivity contribution >= 4 is 5.91 Å². The van der Waals surface area contributed by atoms with Crippen LogP contribution < -0.4 is 11.1 Å². The van der Waals surface area contributed by atoms with Gasteiger partial charge in [-0.15, -0.1) is 5.10 Å². The van der Waals surface area contributed by atoms with Crippen molar-refractivity contribution < 1.29 is 13.6 Å². The first-order valence-corrected chi connectivity index (χ1v) is 7.63. The molecule has 7 heteroatoms. The quantitative estimate of drug-likeness (QED) is 0.872. The Morgan fingerprint density at radius 1 is 1.32 bits per heavy atom. The van der Waals surface area contributed by atoms with Gasteiger partial charge in [0.1, 0.15) is 6.54 Å². The maximum atomic E-state index is 12.1. The third-order valence-electron chi connectivity index (χ3n) is 3.85. The molecule has 0 saturated heterocycles. The second kappa shape index (κ2) is 6.64.